The fourth-order valence-electron chi connectivity index (χ4n) is 3.02. The van der Waals surface area contributed by atoms with Crippen LogP contribution >= 0.6 is 0 Å². The summed E-state index contributed by atoms with van der Waals surface area (Å²) in [6.07, 6.45) is 5.30. The predicted octanol–water partition coefficient (Wildman–Crippen LogP) is 3.64. The molecule has 0 bridgehead atoms. The van der Waals surface area contributed by atoms with Crippen molar-refractivity contribution in [3.63, 3.8) is 0 Å². The summed E-state index contributed by atoms with van der Waals surface area (Å²) in [5.41, 5.74) is 1.44. The molecule has 1 heteroatoms. The zero-order valence-electron chi connectivity index (χ0n) is 11.2. The first-order valence-electron chi connectivity index (χ1n) is 7.03. The van der Waals surface area contributed by atoms with Gasteiger partial charge in [-0.1, -0.05) is 44.2 Å². The van der Waals surface area contributed by atoms with Gasteiger partial charge in [0.15, 0.2) is 0 Å². The van der Waals surface area contributed by atoms with Crippen LogP contribution in [0, 0.1) is 11.8 Å². The fourth-order valence-corrected chi connectivity index (χ4v) is 3.02. The van der Waals surface area contributed by atoms with Gasteiger partial charge in [-0.3, -0.25) is 0 Å². The monoisotopic (exact) mass is 231 g/mol. The maximum Gasteiger partial charge on any atom is 0.00930 e. The highest BCUT2D eigenvalue weighted by Crippen LogP contribution is 2.28. The Morgan fingerprint density at radius 2 is 1.88 bits per heavy atom. The second-order valence-electron chi connectivity index (χ2n) is 5.69. The number of rotatable bonds is 4. The molecule has 1 saturated carbocycles. The van der Waals surface area contributed by atoms with Gasteiger partial charge < -0.3 is 5.32 Å². The Labute approximate surface area is 106 Å². The molecule has 2 rings (SSSR count). The molecular formula is C16H25N. The molecule has 17 heavy (non-hydrogen) atoms. The molecule has 0 aliphatic heterocycles. The van der Waals surface area contributed by atoms with Gasteiger partial charge in [-0.25, -0.2) is 0 Å². The van der Waals surface area contributed by atoms with E-state index in [1.165, 1.54) is 24.8 Å². The Morgan fingerprint density at radius 1 is 1.12 bits per heavy atom. The third kappa shape index (κ3) is 3.85. The molecule has 1 aromatic carbocycles. The van der Waals surface area contributed by atoms with Crippen LogP contribution in [-0.2, 0) is 6.42 Å². The molecular weight excluding hydrogens is 206 g/mol. The summed E-state index contributed by atoms with van der Waals surface area (Å²) in [4.78, 5) is 0. The lowest BCUT2D eigenvalue weighted by Gasteiger charge is -2.33. The lowest BCUT2D eigenvalue weighted by atomic mass is 9.80. The highest BCUT2D eigenvalue weighted by Gasteiger charge is 2.24. The Morgan fingerprint density at radius 3 is 2.59 bits per heavy atom. The molecule has 1 aromatic rings. The number of nitrogens with one attached hydrogen (secondary N) is 1. The molecule has 1 aliphatic rings. The van der Waals surface area contributed by atoms with Crippen molar-refractivity contribution in [1.82, 2.24) is 5.32 Å². The van der Waals surface area contributed by atoms with Crippen LogP contribution in [0.3, 0.4) is 0 Å². The third-order valence-electron chi connectivity index (χ3n) is 4.09. The second kappa shape index (κ2) is 6.20. The summed E-state index contributed by atoms with van der Waals surface area (Å²) in [6.45, 7) is 5.90. The van der Waals surface area contributed by atoms with Crippen molar-refractivity contribution in [3.8, 4) is 0 Å². The maximum absolute atomic E-state index is 3.74. The highest BCUT2D eigenvalue weighted by atomic mass is 14.9. The zero-order valence-corrected chi connectivity index (χ0v) is 11.2. The van der Waals surface area contributed by atoms with Gasteiger partial charge in [0.05, 0.1) is 0 Å². The highest BCUT2D eigenvalue weighted by molar-refractivity contribution is 5.14. The van der Waals surface area contributed by atoms with Crippen molar-refractivity contribution in [1.29, 1.82) is 0 Å². The lowest BCUT2D eigenvalue weighted by molar-refractivity contribution is 0.229. The van der Waals surface area contributed by atoms with E-state index in [0.29, 0.717) is 0 Å². The third-order valence-corrected chi connectivity index (χ3v) is 4.09. The van der Waals surface area contributed by atoms with E-state index in [0.717, 1.165) is 30.8 Å². The number of benzene rings is 1. The second-order valence-corrected chi connectivity index (χ2v) is 5.69. The van der Waals surface area contributed by atoms with Gasteiger partial charge in [0.1, 0.15) is 0 Å². The van der Waals surface area contributed by atoms with Crippen LogP contribution < -0.4 is 5.32 Å². The van der Waals surface area contributed by atoms with Crippen LogP contribution in [0.25, 0.3) is 0 Å². The van der Waals surface area contributed by atoms with Crippen LogP contribution in [0.1, 0.15) is 38.7 Å². The number of hydrogen-bond acceptors (Lipinski definition) is 1. The van der Waals surface area contributed by atoms with Crippen molar-refractivity contribution < 1.29 is 0 Å². The first-order chi connectivity index (χ1) is 8.25. The first-order valence-corrected chi connectivity index (χ1v) is 7.03. The van der Waals surface area contributed by atoms with Crippen molar-refractivity contribution in [3.05, 3.63) is 35.9 Å². The largest absolute Gasteiger partial charge is 0.313 e. The van der Waals surface area contributed by atoms with Gasteiger partial charge in [-0.2, -0.15) is 0 Å². The minimum absolute atomic E-state index is 0.745. The molecule has 1 fully saturated rings. The summed E-state index contributed by atoms with van der Waals surface area (Å²) in [6, 6.07) is 11.5. The van der Waals surface area contributed by atoms with E-state index in [9.17, 15) is 0 Å². The van der Waals surface area contributed by atoms with Crippen molar-refractivity contribution in [2.24, 2.45) is 11.8 Å². The van der Waals surface area contributed by atoms with Crippen LogP contribution in [-0.4, -0.2) is 12.6 Å². The fraction of sp³-hybridized carbons (Fsp3) is 0.625. The minimum Gasteiger partial charge on any atom is -0.313 e. The van der Waals surface area contributed by atoms with Crippen molar-refractivity contribution >= 4 is 0 Å². The van der Waals surface area contributed by atoms with Gasteiger partial charge in [0, 0.05) is 6.04 Å². The van der Waals surface area contributed by atoms with E-state index in [4.69, 9.17) is 0 Å². The van der Waals surface area contributed by atoms with Crippen molar-refractivity contribution in [2.45, 2.75) is 45.6 Å². The molecule has 0 heterocycles. The quantitative estimate of drug-likeness (QED) is 0.834. The standard InChI is InChI=1S/C16H25N/c1-13-8-9-16(14(2)12-13)17-11-10-15-6-4-3-5-7-15/h3-7,13-14,16-17H,8-12H2,1-2H3. The summed E-state index contributed by atoms with van der Waals surface area (Å²) in [5, 5.41) is 3.74. The molecule has 3 atom stereocenters. The first kappa shape index (κ1) is 12.6. The molecule has 0 saturated heterocycles. The predicted molar refractivity (Wildman–Crippen MR) is 74.1 cm³/mol. The minimum atomic E-state index is 0.745. The SMILES string of the molecule is CC1CCC(NCCc2ccccc2)C(C)C1. The van der Waals surface area contributed by atoms with Gasteiger partial charge in [0.25, 0.3) is 0 Å². The van der Waals surface area contributed by atoms with E-state index < -0.39 is 0 Å². The normalized spacial score (nSPS) is 29.2. The molecule has 0 spiro atoms. The number of hydrogen-bond donors (Lipinski definition) is 1. The molecule has 1 nitrogen and oxygen atoms in total. The Hall–Kier alpha value is -0.820. The van der Waals surface area contributed by atoms with E-state index in [-0.39, 0.29) is 0 Å². The molecule has 0 amide bonds. The van der Waals surface area contributed by atoms with Gasteiger partial charge in [-0.05, 0) is 49.6 Å². The molecule has 0 aromatic heterocycles. The topological polar surface area (TPSA) is 12.0 Å². The summed E-state index contributed by atoms with van der Waals surface area (Å²) < 4.78 is 0. The smallest absolute Gasteiger partial charge is 0.00930 e. The Balaban J connectivity index is 1.72. The molecule has 1 aliphatic carbocycles. The van der Waals surface area contributed by atoms with Crippen LogP contribution in [0.2, 0.25) is 0 Å². The Bertz CT molecular complexity index is 320. The van der Waals surface area contributed by atoms with E-state index in [1.807, 2.05) is 0 Å². The summed E-state index contributed by atoms with van der Waals surface area (Å²) in [5.74, 6) is 1.77. The van der Waals surface area contributed by atoms with Crippen molar-refractivity contribution in [2.75, 3.05) is 6.54 Å². The summed E-state index contributed by atoms with van der Waals surface area (Å²) in [7, 11) is 0. The lowest BCUT2D eigenvalue weighted by Crippen LogP contribution is -2.39. The van der Waals surface area contributed by atoms with E-state index >= 15 is 0 Å². The molecule has 3 unspecified atom stereocenters. The van der Waals surface area contributed by atoms with Gasteiger partial charge in [0.2, 0.25) is 0 Å². The van der Waals surface area contributed by atoms with Gasteiger partial charge in [-0.15, -0.1) is 0 Å². The van der Waals surface area contributed by atoms with Crippen LogP contribution in [0.5, 0.6) is 0 Å². The Kier molecular flexibility index (Phi) is 4.61. The zero-order chi connectivity index (χ0) is 12.1. The van der Waals surface area contributed by atoms with E-state index in [2.05, 4.69) is 49.5 Å². The molecule has 94 valence electrons. The average Bonchev–Trinajstić information content (AvgIpc) is 2.33. The molecule has 0 radical (unpaired) electrons. The van der Waals surface area contributed by atoms with Gasteiger partial charge >= 0.3 is 0 Å². The van der Waals surface area contributed by atoms with Crippen LogP contribution in [0.15, 0.2) is 30.3 Å². The molecule has 1 N–H and O–H groups in total. The van der Waals surface area contributed by atoms with Crippen LogP contribution in [0.4, 0.5) is 0 Å². The maximum atomic E-state index is 3.74. The summed E-state index contributed by atoms with van der Waals surface area (Å²) >= 11 is 0. The van der Waals surface area contributed by atoms with E-state index in [1.54, 1.807) is 0 Å². The average molecular weight is 231 g/mol.